The van der Waals surface area contributed by atoms with Gasteiger partial charge in [0.15, 0.2) is 0 Å². The molecule has 0 amide bonds. The Kier molecular flexibility index (Phi) is 19.7. The number of rotatable bonds is 6. The van der Waals surface area contributed by atoms with Crippen LogP contribution in [0, 0.1) is 0 Å². The van der Waals surface area contributed by atoms with Crippen molar-refractivity contribution in [3.63, 3.8) is 0 Å². The summed E-state index contributed by atoms with van der Waals surface area (Å²) in [6.45, 7) is 17.6. The maximum absolute atomic E-state index is 7.00. The number of hydrogen-bond acceptors (Lipinski definition) is 3. The van der Waals surface area contributed by atoms with E-state index in [1.807, 2.05) is 13.8 Å². The second kappa shape index (κ2) is 14.9. The van der Waals surface area contributed by atoms with Crippen LogP contribution in [0.3, 0.4) is 0 Å². The highest BCUT2D eigenvalue weighted by atomic mass is 16.5. The van der Waals surface area contributed by atoms with Crippen molar-refractivity contribution in [2.24, 2.45) is 0 Å². The molecular weight excluding hydrogens is 202 g/mol. The van der Waals surface area contributed by atoms with Gasteiger partial charge in [0.05, 0.1) is 12.3 Å². The summed E-state index contributed by atoms with van der Waals surface area (Å²) >= 11 is 0. The molecule has 102 valence electrons. The predicted octanol–water partition coefficient (Wildman–Crippen LogP) is 3.13. The van der Waals surface area contributed by atoms with Gasteiger partial charge in [0.2, 0.25) is 0 Å². The second-order valence-corrected chi connectivity index (χ2v) is 3.69. The summed E-state index contributed by atoms with van der Waals surface area (Å²) in [5, 5.41) is 7.00. The lowest BCUT2D eigenvalue weighted by Crippen LogP contribution is -2.33. The van der Waals surface area contributed by atoms with Gasteiger partial charge in [-0.05, 0) is 33.4 Å². The van der Waals surface area contributed by atoms with Crippen molar-refractivity contribution in [3.05, 3.63) is 0 Å². The van der Waals surface area contributed by atoms with E-state index < -0.39 is 0 Å². The van der Waals surface area contributed by atoms with Gasteiger partial charge in [-0.2, -0.15) is 0 Å². The molecule has 0 atom stereocenters. The average Bonchev–Trinajstić information content (AvgIpc) is 2.35. The molecule has 0 aliphatic heterocycles. The highest BCUT2D eigenvalue weighted by molar-refractivity contribution is 4.64. The van der Waals surface area contributed by atoms with Crippen molar-refractivity contribution in [3.8, 4) is 0 Å². The maximum Gasteiger partial charge on any atom is 0.0997 e. The molecule has 0 fully saturated rings. The molecule has 3 nitrogen and oxygen atoms in total. The van der Waals surface area contributed by atoms with Gasteiger partial charge in [0, 0.05) is 7.11 Å². The third-order valence-electron chi connectivity index (χ3n) is 2.38. The molecule has 0 radical (unpaired) electrons. The maximum atomic E-state index is 7.00. The van der Waals surface area contributed by atoms with Crippen LogP contribution >= 0.6 is 0 Å². The van der Waals surface area contributed by atoms with E-state index in [1.165, 1.54) is 0 Å². The van der Waals surface area contributed by atoms with Crippen LogP contribution in [-0.2, 0) is 4.74 Å². The number of aliphatic hydroxyl groups is 1. The quantitative estimate of drug-likeness (QED) is 0.718. The Balaban J connectivity index is -0.000000376. The van der Waals surface area contributed by atoms with Crippen molar-refractivity contribution in [2.45, 2.75) is 60.5 Å². The monoisotopic (exact) mass is 235 g/mol. The van der Waals surface area contributed by atoms with Gasteiger partial charge < -0.3 is 9.84 Å². The summed E-state index contributed by atoms with van der Waals surface area (Å²) in [5.41, 5.74) is 0.0303. The molecule has 0 unspecified atom stereocenters. The van der Waals surface area contributed by atoms with Crippen LogP contribution < -0.4 is 0 Å². The Morgan fingerprint density at radius 3 is 1.62 bits per heavy atom. The van der Waals surface area contributed by atoms with Gasteiger partial charge in [-0.1, -0.05) is 34.6 Å². The van der Waals surface area contributed by atoms with Crippen LogP contribution in [0.1, 0.15) is 54.9 Å². The number of nitrogens with zero attached hydrogens (tertiary/aromatic N) is 1. The smallest absolute Gasteiger partial charge is 0.0997 e. The molecule has 0 heterocycles. The summed E-state index contributed by atoms with van der Waals surface area (Å²) in [6.07, 6.45) is 1.06. The molecule has 0 saturated carbocycles. The zero-order valence-corrected chi connectivity index (χ0v) is 12.6. The third-order valence-corrected chi connectivity index (χ3v) is 2.38. The van der Waals surface area contributed by atoms with Crippen LogP contribution in [0.25, 0.3) is 0 Å². The van der Waals surface area contributed by atoms with E-state index in [2.05, 4.69) is 39.5 Å². The summed E-state index contributed by atoms with van der Waals surface area (Å²) < 4.78 is 5.75. The van der Waals surface area contributed by atoms with Gasteiger partial charge in [0.25, 0.3) is 0 Å². The fourth-order valence-corrected chi connectivity index (χ4v) is 0.774. The topological polar surface area (TPSA) is 32.7 Å². The van der Waals surface area contributed by atoms with Gasteiger partial charge in [-0.3, -0.25) is 4.90 Å². The fourth-order valence-electron chi connectivity index (χ4n) is 0.774. The lowest BCUT2D eigenvalue weighted by Gasteiger charge is -2.27. The summed E-state index contributed by atoms with van der Waals surface area (Å²) in [6, 6.07) is 0. The van der Waals surface area contributed by atoms with E-state index in [1.54, 1.807) is 0 Å². The van der Waals surface area contributed by atoms with Crippen molar-refractivity contribution < 1.29 is 9.84 Å². The second-order valence-electron chi connectivity index (χ2n) is 3.69. The van der Waals surface area contributed by atoms with E-state index in [4.69, 9.17) is 9.84 Å². The van der Waals surface area contributed by atoms with Crippen LogP contribution in [0.15, 0.2) is 0 Å². The van der Waals surface area contributed by atoms with Crippen LogP contribution in [-0.4, -0.2) is 42.5 Å². The van der Waals surface area contributed by atoms with Crippen molar-refractivity contribution in [1.82, 2.24) is 4.90 Å². The summed E-state index contributed by atoms with van der Waals surface area (Å²) in [7, 11) is 1.00. The van der Waals surface area contributed by atoms with Crippen LogP contribution in [0.4, 0.5) is 0 Å². The lowest BCUT2D eigenvalue weighted by atomic mass is 10.1. The molecule has 0 aliphatic carbocycles. The predicted molar refractivity (Wildman–Crippen MR) is 72.7 cm³/mol. The third kappa shape index (κ3) is 13.9. The van der Waals surface area contributed by atoms with Gasteiger partial charge in [-0.25, -0.2) is 0 Å². The number of hydrogen-bond donors (Lipinski definition) is 1. The zero-order chi connectivity index (χ0) is 13.6. The molecule has 0 rings (SSSR count). The van der Waals surface area contributed by atoms with Gasteiger partial charge in [-0.15, -0.1) is 0 Å². The van der Waals surface area contributed by atoms with Crippen molar-refractivity contribution in [1.29, 1.82) is 0 Å². The van der Waals surface area contributed by atoms with Crippen LogP contribution in [0.5, 0.6) is 0 Å². The average molecular weight is 235 g/mol. The minimum Gasteiger partial charge on any atom is -0.400 e. The molecule has 0 aromatic rings. The van der Waals surface area contributed by atoms with Gasteiger partial charge >= 0.3 is 0 Å². The van der Waals surface area contributed by atoms with E-state index in [0.29, 0.717) is 0 Å². The highest BCUT2D eigenvalue weighted by Crippen LogP contribution is 2.13. The van der Waals surface area contributed by atoms with Crippen molar-refractivity contribution >= 4 is 0 Å². The van der Waals surface area contributed by atoms with Crippen LogP contribution in [0.2, 0.25) is 0 Å². The van der Waals surface area contributed by atoms with E-state index in [-0.39, 0.29) is 5.60 Å². The minimum absolute atomic E-state index is 0.0303. The standard InChI is InChI=1S/C10H23NO.C2H6.CH4O/c1-6-10(4,5)12-9-11(7-2)8-3;2*1-2/h6-9H2,1-5H3;1-2H3;2H,1H3. The first-order chi connectivity index (χ1) is 7.55. The molecule has 0 spiro atoms. The lowest BCUT2D eigenvalue weighted by molar-refractivity contribution is -0.0728. The van der Waals surface area contributed by atoms with E-state index in [0.717, 1.165) is 33.4 Å². The Morgan fingerprint density at radius 1 is 1.00 bits per heavy atom. The molecule has 0 saturated heterocycles. The van der Waals surface area contributed by atoms with E-state index in [9.17, 15) is 0 Å². The minimum atomic E-state index is 0.0303. The van der Waals surface area contributed by atoms with E-state index >= 15 is 0 Å². The van der Waals surface area contributed by atoms with Crippen molar-refractivity contribution in [2.75, 3.05) is 26.9 Å². The first-order valence-corrected chi connectivity index (χ1v) is 6.36. The largest absolute Gasteiger partial charge is 0.400 e. The normalized spacial score (nSPS) is 10.1. The first kappa shape index (κ1) is 21.2. The summed E-state index contributed by atoms with van der Waals surface area (Å²) in [4.78, 5) is 2.28. The Hall–Kier alpha value is -0.120. The Morgan fingerprint density at radius 2 is 1.38 bits per heavy atom. The SMILES string of the molecule is CC.CCN(CC)COC(C)(C)CC.CO. The molecule has 0 bridgehead atoms. The first-order valence-electron chi connectivity index (χ1n) is 6.36. The molecule has 3 heteroatoms. The fraction of sp³-hybridized carbons (Fsp3) is 1.00. The zero-order valence-electron chi connectivity index (χ0n) is 12.6. The Bertz CT molecular complexity index is 113. The van der Waals surface area contributed by atoms with Gasteiger partial charge in [0.1, 0.15) is 0 Å². The highest BCUT2D eigenvalue weighted by Gasteiger charge is 2.15. The molecular formula is C13H33NO2. The summed E-state index contributed by atoms with van der Waals surface area (Å²) in [5.74, 6) is 0. The molecule has 1 N–H and O–H groups in total. The molecule has 0 aliphatic rings. The molecule has 0 aromatic carbocycles. The number of aliphatic hydroxyl groups excluding tert-OH is 1. The molecule has 16 heavy (non-hydrogen) atoms. The number of ether oxygens (including phenoxy) is 1. The Labute approximate surface area is 103 Å². The molecule has 0 aromatic heterocycles.